The van der Waals surface area contributed by atoms with Gasteiger partial charge >= 0.3 is 0 Å². The maximum Gasteiger partial charge on any atom is 0.261 e. The minimum atomic E-state index is -3.57. The van der Waals surface area contributed by atoms with Gasteiger partial charge in [-0.1, -0.05) is 29.8 Å². The van der Waals surface area contributed by atoms with Gasteiger partial charge in [0.05, 0.1) is 10.6 Å². The molecule has 0 atom stereocenters. The molecule has 0 heterocycles. The molecular weight excluding hydrogens is 272 g/mol. The molecule has 0 spiro atoms. The Bertz CT molecular complexity index is 707. The SMILES string of the molecule is Cc1ccc(S(=O)(=O)Nc2cc(CN)ccc2C)cc1. The number of anilines is 1. The van der Waals surface area contributed by atoms with Crippen LogP contribution in [0.2, 0.25) is 0 Å². The summed E-state index contributed by atoms with van der Waals surface area (Å²) in [4.78, 5) is 0.251. The maximum absolute atomic E-state index is 12.3. The Balaban J connectivity index is 2.35. The van der Waals surface area contributed by atoms with Crippen LogP contribution in [-0.4, -0.2) is 8.42 Å². The largest absolute Gasteiger partial charge is 0.326 e. The van der Waals surface area contributed by atoms with Crippen LogP contribution < -0.4 is 10.5 Å². The van der Waals surface area contributed by atoms with Crippen molar-refractivity contribution in [1.82, 2.24) is 0 Å². The summed E-state index contributed by atoms with van der Waals surface area (Å²) in [5.41, 5.74) is 8.91. The molecule has 0 saturated carbocycles. The Morgan fingerprint density at radius 1 is 1.05 bits per heavy atom. The van der Waals surface area contributed by atoms with Gasteiger partial charge < -0.3 is 5.73 Å². The van der Waals surface area contributed by atoms with Crippen LogP contribution >= 0.6 is 0 Å². The predicted octanol–water partition coefficient (Wildman–Crippen LogP) is 2.56. The first-order valence-corrected chi connectivity index (χ1v) is 7.80. The van der Waals surface area contributed by atoms with Crippen molar-refractivity contribution in [2.24, 2.45) is 5.73 Å². The fourth-order valence-corrected chi connectivity index (χ4v) is 2.95. The molecule has 0 saturated heterocycles. The first-order chi connectivity index (χ1) is 9.42. The summed E-state index contributed by atoms with van der Waals surface area (Å²) in [5.74, 6) is 0. The van der Waals surface area contributed by atoms with E-state index in [9.17, 15) is 8.42 Å². The molecule has 5 heteroatoms. The van der Waals surface area contributed by atoms with Gasteiger partial charge in [-0.3, -0.25) is 4.72 Å². The normalized spacial score (nSPS) is 11.3. The zero-order valence-electron chi connectivity index (χ0n) is 11.6. The first-order valence-electron chi connectivity index (χ1n) is 6.31. The lowest BCUT2D eigenvalue weighted by molar-refractivity contribution is 0.601. The van der Waals surface area contributed by atoms with Crippen LogP contribution in [0.3, 0.4) is 0 Å². The average molecular weight is 290 g/mol. The van der Waals surface area contributed by atoms with Gasteiger partial charge in [-0.2, -0.15) is 0 Å². The van der Waals surface area contributed by atoms with E-state index in [-0.39, 0.29) is 4.90 Å². The summed E-state index contributed by atoms with van der Waals surface area (Å²) in [6, 6.07) is 12.3. The van der Waals surface area contributed by atoms with Gasteiger partial charge in [0.25, 0.3) is 10.0 Å². The van der Waals surface area contributed by atoms with Crippen LogP contribution in [0.5, 0.6) is 0 Å². The lowest BCUT2D eigenvalue weighted by Crippen LogP contribution is -2.14. The van der Waals surface area contributed by atoms with Crippen LogP contribution in [0, 0.1) is 13.8 Å². The van der Waals surface area contributed by atoms with Crippen molar-refractivity contribution in [1.29, 1.82) is 0 Å². The van der Waals surface area contributed by atoms with Gasteiger partial charge in [-0.15, -0.1) is 0 Å². The summed E-state index contributed by atoms with van der Waals surface area (Å²) in [5, 5.41) is 0. The minimum Gasteiger partial charge on any atom is -0.326 e. The maximum atomic E-state index is 12.3. The smallest absolute Gasteiger partial charge is 0.261 e. The van der Waals surface area contributed by atoms with Crippen molar-refractivity contribution in [2.75, 3.05) is 4.72 Å². The molecule has 2 rings (SSSR count). The van der Waals surface area contributed by atoms with Crippen molar-refractivity contribution in [2.45, 2.75) is 25.3 Å². The summed E-state index contributed by atoms with van der Waals surface area (Å²) in [6.07, 6.45) is 0. The Hall–Kier alpha value is -1.85. The number of nitrogens with two attached hydrogens (primary N) is 1. The summed E-state index contributed by atoms with van der Waals surface area (Å²) in [6.45, 7) is 4.14. The van der Waals surface area contributed by atoms with E-state index < -0.39 is 10.0 Å². The third-order valence-corrected chi connectivity index (χ3v) is 4.49. The standard InChI is InChI=1S/C15H18N2O2S/c1-11-3-7-14(8-4-11)20(18,19)17-15-9-13(10-16)6-5-12(15)2/h3-9,17H,10,16H2,1-2H3. The monoisotopic (exact) mass is 290 g/mol. The molecule has 3 N–H and O–H groups in total. The molecule has 0 aromatic heterocycles. The van der Waals surface area contributed by atoms with E-state index in [4.69, 9.17) is 5.73 Å². The highest BCUT2D eigenvalue weighted by molar-refractivity contribution is 7.92. The van der Waals surface area contributed by atoms with E-state index >= 15 is 0 Å². The van der Waals surface area contributed by atoms with Gasteiger partial charge in [-0.25, -0.2) is 8.42 Å². The molecule has 0 fully saturated rings. The molecule has 0 amide bonds. The lowest BCUT2D eigenvalue weighted by Gasteiger charge is -2.12. The second-order valence-corrected chi connectivity index (χ2v) is 6.45. The minimum absolute atomic E-state index is 0.251. The third-order valence-electron chi connectivity index (χ3n) is 3.11. The highest BCUT2D eigenvalue weighted by Crippen LogP contribution is 2.21. The second kappa shape index (κ2) is 5.64. The summed E-state index contributed by atoms with van der Waals surface area (Å²) >= 11 is 0. The van der Waals surface area contributed by atoms with Crippen LogP contribution in [-0.2, 0) is 16.6 Å². The van der Waals surface area contributed by atoms with E-state index in [0.717, 1.165) is 16.7 Å². The average Bonchev–Trinajstić information content (AvgIpc) is 2.41. The quantitative estimate of drug-likeness (QED) is 0.909. The Labute approximate surface area is 119 Å². The molecule has 2 aromatic carbocycles. The van der Waals surface area contributed by atoms with Crippen LogP contribution in [0.4, 0.5) is 5.69 Å². The number of hydrogen-bond donors (Lipinski definition) is 2. The molecular formula is C15H18N2O2S. The number of benzene rings is 2. The molecule has 0 aliphatic rings. The molecule has 0 unspecified atom stereocenters. The number of sulfonamides is 1. The zero-order chi connectivity index (χ0) is 14.8. The van der Waals surface area contributed by atoms with Gasteiger partial charge in [0.2, 0.25) is 0 Å². The topological polar surface area (TPSA) is 72.2 Å². The third kappa shape index (κ3) is 3.18. The van der Waals surface area contributed by atoms with Gasteiger partial charge in [0, 0.05) is 6.54 Å². The highest BCUT2D eigenvalue weighted by Gasteiger charge is 2.15. The molecule has 20 heavy (non-hydrogen) atoms. The summed E-state index contributed by atoms with van der Waals surface area (Å²) in [7, 11) is -3.57. The number of aryl methyl sites for hydroxylation is 2. The first kappa shape index (κ1) is 14.6. The van der Waals surface area contributed by atoms with Crippen molar-refractivity contribution in [3.8, 4) is 0 Å². The molecule has 0 aliphatic carbocycles. The van der Waals surface area contributed by atoms with Crippen LogP contribution in [0.15, 0.2) is 47.4 Å². The second-order valence-electron chi connectivity index (χ2n) is 4.77. The van der Waals surface area contributed by atoms with Crippen molar-refractivity contribution in [3.63, 3.8) is 0 Å². The zero-order valence-corrected chi connectivity index (χ0v) is 12.4. The Kier molecular flexibility index (Phi) is 4.11. The number of rotatable bonds is 4. The van der Waals surface area contributed by atoms with E-state index in [0.29, 0.717) is 12.2 Å². The van der Waals surface area contributed by atoms with E-state index in [1.807, 2.05) is 26.0 Å². The Morgan fingerprint density at radius 2 is 1.70 bits per heavy atom. The van der Waals surface area contributed by atoms with Gasteiger partial charge in [0.1, 0.15) is 0 Å². The summed E-state index contributed by atoms with van der Waals surface area (Å²) < 4.78 is 27.3. The highest BCUT2D eigenvalue weighted by atomic mass is 32.2. The number of hydrogen-bond acceptors (Lipinski definition) is 3. The van der Waals surface area contributed by atoms with Crippen molar-refractivity contribution in [3.05, 3.63) is 59.2 Å². The van der Waals surface area contributed by atoms with E-state index in [1.54, 1.807) is 30.3 Å². The van der Waals surface area contributed by atoms with Crippen molar-refractivity contribution < 1.29 is 8.42 Å². The molecule has 4 nitrogen and oxygen atoms in total. The van der Waals surface area contributed by atoms with E-state index in [1.165, 1.54) is 0 Å². The van der Waals surface area contributed by atoms with E-state index in [2.05, 4.69) is 4.72 Å². The molecule has 106 valence electrons. The predicted molar refractivity (Wildman–Crippen MR) is 81.1 cm³/mol. The van der Waals surface area contributed by atoms with Crippen LogP contribution in [0.25, 0.3) is 0 Å². The molecule has 0 aliphatic heterocycles. The molecule has 0 bridgehead atoms. The lowest BCUT2D eigenvalue weighted by atomic mass is 10.1. The molecule has 0 radical (unpaired) electrons. The van der Waals surface area contributed by atoms with Crippen molar-refractivity contribution >= 4 is 15.7 Å². The number of nitrogens with one attached hydrogen (secondary N) is 1. The fourth-order valence-electron chi connectivity index (χ4n) is 1.83. The fraction of sp³-hybridized carbons (Fsp3) is 0.200. The van der Waals surface area contributed by atoms with Gasteiger partial charge in [0.15, 0.2) is 0 Å². The van der Waals surface area contributed by atoms with Gasteiger partial charge in [-0.05, 0) is 43.2 Å². The molecule has 2 aromatic rings. The Morgan fingerprint density at radius 3 is 2.30 bits per heavy atom. The van der Waals surface area contributed by atoms with Crippen LogP contribution in [0.1, 0.15) is 16.7 Å².